The largest absolute Gasteiger partial charge is 0.465 e. The Hall–Kier alpha value is -1.56. The van der Waals surface area contributed by atoms with E-state index >= 15 is 0 Å². The van der Waals surface area contributed by atoms with Crippen molar-refractivity contribution >= 4 is 5.97 Å². The summed E-state index contributed by atoms with van der Waals surface area (Å²) in [6.45, 7) is 0.364. The quantitative estimate of drug-likeness (QED) is 0.783. The van der Waals surface area contributed by atoms with Crippen molar-refractivity contribution in [3.63, 3.8) is 0 Å². The highest BCUT2D eigenvalue weighted by Gasteiger charge is 2.31. The molecule has 0 N–H and O–H groups in total. The van der Waals surface area contributed by atoms with Crippen molar-refractivity contribution in [1.82, 2.24) is 4.90 Å². The molecule has 0 atom stereocenters. The van der Waals surface area contributed by atoms with Crippen LogP contribution in [0.25, 0.3) is 0 Å². The van der Waals surface area contributed by atoms with Gasteiger partial charge in [0.15, 0.2) is 0 Å². The summed E-state index contributed by atoms with van der Waals surface area (Å²) in [4.78, 5) is 13.2. The van der Waals surface area contributed by atoms with E-state index < -0.39 is 17.7 Å². The number of carbonyl (C=O) groups is 1. The Kier molecular flexibility index (Phi) is 4.34. The molecule has 1 aromatic rings. The number of benzene rings is 1. The highest BCUT2D eigenvalue weighted by atomic mass is 19.4. The summed E-state index contributed by atoms with van der Waals surface area (Å²) in [6.07, 6.45) is -4.47. The molecule has 100 valence electrons. The van der Waals surface area contributed by atoms with Crippen molar-refractivity contribution in [3.8, 4) is 0 Å². The van der Waals surface area contributed by atoms with Crippen LogP contribution in [0.3, 0.4) is 0 Å². The Balaban J connectivity index is 3.25. The van der Waals surface area contributed by atoms with Crippen LogP contribution in [0, 0.1) is 0 Å². The average molecular weight is 261 g/mol. The van der Waals surface area contributed by atoms with E-state index in [1.807, 2.05) is 0 Å². The molecule has 1 aromatic carbocycles. The fourth-order valence-electron chi connectivity index (χ4n) is 1.53. The number of rotatable bonds is 3. The number of methoxy groups -OCH3 is 1. The number of esters is 1. The van der Waals surface area contributed by atoms with Crippen LogP contribution in [-0.4, -0.2) is 32.1 Å². The Labute approximate surface area is 103 Å². The van der Waals surface area contributed by atoms with Crippen molar-refractivity contribution in [1.29, 1.82) is 0 Å². The SMILES string of the molecule is COC(=O)c1cc(C(F)(F)F)ccc1CN(C)C. The minimum atomic E-state index is -4.47. The normalized spacial score (nSPS) is 11.7. The fourth-order valence-corrected chi connectivity index (χ4v) is 1.53. The lowest BCUT2D eigenvalue weighted by molar-refractivity contribution is -0.137. The van der Waals surface area contributed by atoms with E-state index in [1.165, 1.54) is 6.07 Å². The van der Waals surface area contributed by atoms with Crippen LogP contribution < -0.4 is 0 Å². The first-order valence-electron chi connectivity index (χ1n) is 5.19. The summed E-state index contributed by atoms with van der Waals surface area (Å²) in [5.41, 5.74) is -0.411. The van der Waals surface area contributed by atoms with Gasteiger partial charge in [0, 0.05) is 6.54 Å². The van der Waals surface area contributed by atoms with Crippen LogP contribution in [0.1, 0.15) is 21.5 Å². The van der Waals surface area contributed by atoms with E-state index in [2.05, 4.69) is 4.74 Å². The summed E-state index contributed by atoms with van der Waals surface area (Å²) in [6, 6.07) is 3.09. The standard InChI is InChI=1S/C12H14F3NO2/c1-16(2)7-8-4-5-9(12(13,14)15)6-10(8)11(17)18-3/h4-6H,7H2,1-3H3. The molecule has 0 fully saturated rings. The van der Waals surface area contributed by atoms with Gasteiger partial charge in [-0.1, -0.05) is 6.07 Å². The molecular weight excluding hydrogens is 247 g/mol. The zero-order valence-electron chi connectivity index (χ0n) is 10.3. The van der Waals surface area contributed by atoms with Gasteiger partial charge in [0.1, 0.15) is 0 Å². The molecule has 0 radical (unpaired) electrons. The predicted octanol–water partition coefficient (Wildman–Crippen LogP) is 2.55. The van der Waals surface area contributed by atoms with E-state index in [0.29, 0.717) is 12.1 Å². The lowest BCUT2D eigenvalue weighted by Gasteiger charge is -2.15. The second-order valence-corrected chi connectivity index (χ2v) is 4.10. The molecule has 18 heavy (non-hydrogen) atoms. The molecule has 0 saturated heterocycles. The van der Waals surface area contributed by atoms with Gasteiger partial charge in [0.25, 0.3) is 0 Å². The number of hydrogen-bond acceptors (Lipinski definition) is 3. The van der Waals surface area contributed by atoms with E-state index in [9.17, 15) is 18.0 Å². The van der Waals surface area contributed by atoms with Crippen LogP contribution in [0.5, 0.6) is 0 Å². The molecule has 0 amide bonds. The summed E-state index contributed by atoms with van der Waals surface area (Å²) in [7, 11) is 4.67. The number of alkyl halides is 3. The molecule has 0 spiro atoms. The summed E-state index contributed by atoms with van der Waals surface area (Å²) in [5.74, 6) is -0.766. The molecule has 0 saturated carbocycles. The molecular formula is C12H14F3NO2. The van der Waals surface area contributed by atoms with E-state index in [1.54, 1.807) is 19.0 Å². The monoisotopic (exact) mass is 261 g/mol. The zero-order chi connectivity index (χ0) is 13.9. The number of hydrogen-bond donors (Lipinski definition) is 0. The van der Waals surface area contributed by atoms with Crippen molar-refractivity contribution in [2.75, 3.05) is 21.2 Å². The highest BCUT2D eigenvalue weighted by Crippen LogP contribution is 2.31. The molecule has 0 bridgehead atoms. The molecule has 6 heteroatoms. The number of halogens is 3. The van der Waals surface area contributed by atoms with Gasteiger partial charge in [0.2, 0.25) is 0 Å². The van der Waals surface area contributed by atoms with Gasteiger partial charge in [-0.25, -0.2) is 4.79 Å². The van der Waals surface area contributed by atoms with Crippen molar-refractivity contribution < 1.29 is 22.7 Å². The lowest BCUT2D eigenvalue weighted by Crippen LogP contribution is -2.16. The second-order valence-electron chi connectivity index (χ2n) is 4.10. The molecule has 3 nitrogen and oxygen atoms in total. The number of carbonyl (C=O) groups excluding carboxylic acids is 1. The minimum absolute atomic E-state index is 0.0546. The molecule has 0 aliphatic carbocycles. The highest BCUT2D eigenvalue weighted by molar-refractivity contribution is 5.91. The van der Waals surface area contributed by atoms with Gasteiger partial charge in [0.05, 0.1) is 18.2 Å². The lowest BCUT2D eigenvalue weighted by atomic mass is 10.0. The summed E-state index contributed by atoms with van der Waals surface area (Å²) >= 11 is 0. The third kappa shape index (κ3) is 3.46. The number of nitrogens with zero attached hydrogens (tertiary/aromatic N) is 1. The maximum absolute atomic E-state index is 12.6. The Morgan fingerprint density at radius 1 is 1.33 bits per heavy atom. The Bertz CT molecular complexity index is 441. The smallest absolute Gasteiger partial charge is 0.416 e. The first-order chi connectivity index (χ1) is 8.25. The van der Waals surface area contributed by atoms with Crippen LogP contribution in [0.2, 0.25) is 0 Å². The van der Waals surface area contributed by atoms with Crippen molar-refractivity contribution in [2.45, 2.75) is 12.7 Å². The molecule has 0 aliphatic heterocycles. The first kappa shape index (κ1) is 14.5. The van der Waals surface area contributed by atoms with Gasteiger partial charge < -0.3 is 9.64 Å². The third-order valence-electron chi connectivity index (χ3n) is 2.33. The fraction of sp³-hybridized carbons (Fsp3) is 0.417. The molecule has 0 heterocycles. The predicted molar refractivity (Wildman–Crippen MR) is 60.2 cm³/mol. The average Bonchev–Trinajstić information content (AvgIpc) is 2.26. The molecule has 0 aromatic heterocycles. The minimum Gasteiger partial charge on any atom is -0.465 e. The molecule has 0 aliphatic rings. The van der Waals surface area contributed by atoms with Gasteiger partial charge in [-0.3, -0.25) is 0 Å². The molecule has 0 unspecified atom stereocenters. The van der Waals surface area contributed by atoms with Crippen LogP contribution in [0.4, 0.5) is 13.2 Å². The van der Waals surface area contributed by atoms with Crippen LogP contribution in [0.15, 0.2) is 18.2 Å². The van der Waals surface area contributed by atoms with Gasteiger partial charge >= 0.3 is 12.1 Å². The number of ether oxygens (including phenoxy) is 1. The zero-order valence-corrected chi connectivity index (χ0v) is 10.3. The van der Waals surface area contributed by atoms with Crippen molar-refractivity contribution in [3.05, 3.63) is 34.9 Å². The van der Waals surface area contributed by atoms with Gasteiger partial charge in [-0.05, 0) is 31.8 Å². The molecule has 1 rings (SSSR count). The topological polar surface area (TPSA) is 29.5 Å². The maximum atomic E-state index is 12.6. The maximum Gasteiger partial charge on any atom is 0.416 e. The first-order valence-corrected chi connectivity index (χ1v) is 5.19. The van der Waals surface area contributed by atoms with E-state index in [4.69, 9.17) is 0 Å². The van der Waals surface area contributed by atoms with E-state index in [-0.39, 0.29) is 5.56 Å². The van der Waals surface area contributed by atoms with Gasteiger partial charge in [-0.15, -0.1) is 0 Å². The van der Waals surface area contributed by atoms with Gasteiger partial charge in [-0.2, -0.15) is 13.2 Å². The summed E-state index contributed by atoms with van der Waals surface area (Å²) in [5, 5.41) is 0. The Morgan fingerprint density at radius 2 is 1.94 bits per heavy atom. The Morgan fingerprint density at radius 3 is 2.39 bits per heavy atom. The van der Waals surface area contributed by atoms with Crippen LogP contribution >= 0.6 is 0 Å². The van der Waals surface area contributed by atoms with E-state index in [0.717, 1.165) is 19.2 Å². The summed E-state index contributed by atoms with van der Waals surface area (Å²) < 4.78 is 42.2. The van der Waals surface area contributed by atoms with Crippen molar-refractivity contribution in [2.24, 2.45) is 0 Å². The second kappa shape index (κ2) is 5.39. The third-order valence-corrected chi connectivity index (χ3v) is 2.33. The van der Waals surface area contributed by atoms with Crippen LogP contribution in [-0.2, 0) is 17.5 Å².